The van der Waals surface area contributed by atoms with E-state index in [4.69, 9.17) is 4.78 Å². The third-order valence-corrected chi connectivity index (χ3v) is 8.77. The van der Waals surface area contributed by atoms with Crippen molar-refractivity contribution in [2.75, 3.05) is 0 Å². The zero-order chi connectivity index (χ0) is 23.1. The summed E-state index contributed by atoms with van der Waals surface area (Å²) in [6, 6.07) is 5.88. The van der Waals surface area contributed by atoms with Gasteiger partial charge >= 0.3 is 0 Å². The number of rotatable bonds is 7. The molecule has 0 radical (unpaired) electrons. The van der Waals surface area contributed by atoms with E-state index in [0.29, 0.717) is 22.2 Å². The lowest BCUT2D eigenvalue weighted by Gasteiger charge is -2.18. The van der Waals surface area contributed by atoms with Crippen molar-refractivity contribution in [2.45, 2.75) is 75.5 Å². The van der Waals surface area contributed by atoms with Gasteiger partial charge in [-0.25, -0.2) is 14.0 Å². The zero-order valence-corrected chi connectivity index (χ0v) is 20.0. The quantitative estimate of drug-likeness (QED) is 0.570. The summed E-state index contributed by atoms with van der Waals surface area (Å²) in [7, 11) is -3.62. The Hall–Kier alpha value is -2.28. The van der Waals surface area contributed by atoms with Gasteiger partial charge in [-0.2, -0.15) is 5.26 Å². The Labute approximate surface area is 187 Å². The Balaban J connectivity index is 1.91. The smallest absolute Gasteiger partial charge is 0.236 e. The van der Waals surface area contributed by atoms with Crippen molar-refractivity contribution in [2.24, 2.45) is 0 Å². The Morgan fingerprint density at radius 2 is 2.10 bits per heavy atom. The fourth-order valence-corrected chi connectivity index (χ4v) is 6.15. The highest BCUT2D eigenvalue weighted by molar-refractivity contribution is 7.93. The largest absolute Gasteiger partial charge is 0.383 e. The number of aliphatic hydroxyl groups is 1. The first-order valence-corrected chi connectivity index (χ1v) is 12.6. The van der Waals surface area contributed by atoms with Gasteiger partial charge < -0.3 is 5.11 Å². The van der Waals surface area contributed by atoms with E-state index in [2.05, 4.69) is 15.8 Å². The van der Waals surface area contributed by atoms with Crippen molar-refractivity contribution < 1.29 is 14.1 Å². The van der Waals surface area contributed by atoms with Crippen LogP contribution in [-0.2, 0) is 26.7 Å². The monoisotopic (exact) mass is 460 g/mol. The molecule has 1 amide bonds. The fraction of sp³-hybridized carbons (Fsp3) is 0.500. The van der Waals surface area contributed by atoms with E-state index in [-0.39, 0.29) is 16.5 Å². The second-order valence-corrected chi connectivity index (χ2v) is 11.9. The highest BCUT2D eigenvalue weighted by atomic mass is 32.2. The summed E-state index contributed by atoms with van der Waals surface area (Å²) in [6.45, 7) is 8.78. The SMILES string of the molecule is Cc1nc(C(C)(C)O)sc1S(=N)(=O)NC(=O)Cc1c(C(C)C)cc(C#N)cc1C1CC1. The maximum Gasteiger partial charge on any atom is 0.236 e. The number of hydrogen-bond donors (Lipinski definition) is 3. The van der Waals surface area contributed by atoms with Crippen LogP contribution in [0.25, 0.3) is 0 Å². The Bertz CT molecular complexity index is 1140. The number of nitriles is 1. The van der Waals surface area contributed by atoms with Gasteiger partial charge in [-0.05, 0) is 74.3 Å². The number of carbonyl (C=O) groups is 1. The predicted molar refractivity (Wildman–Crippen MR) is 120 cm³/mol. The van der Waals surface area contributed by atoms with E-state index in [1.54, 1.807) is 20.8 Å². The van der Waals surface area contributed by atoms with Crippen molar-refractivity contribution in [1.29, 1.82) is 10.0 Å². The molecule has 166 valence electrons. The molecule has 0 bridgehead atoms. The van der Waals surface area contributed by atoms with Crippen LogP contribution in [0.2, 0.25) is 0 Å². The van der Waals surface area contributed by atoms with Crippen LogP contribution in [0.4, 0.5) is 0 Å². The van der Waals surface area contributed by atoms with Crippen LogP contribution in [0.1, 0.15) is 85.3 Å². The lowest BCUT2D eigenvalue weighted by molar-refractivity contribution is -0.118. The molecule has 1 saturated carbocycles. The average molecular weight is 461 g/mol. The molecule has 1 aliphatic carbocycles. The maximum atomic E-state index is 13.1. The number of nitrogens with one attached hydrogen (secondary N) is 2. The number of aryl methyl sites for hydroxylation is 1. The summed E-state index contributed by atoms with van der Waals surface area (Å²) in [5.41, 5.74) is 2.53. The first-order chi connectivity index (χ1) is 14.3. The van der Waals surface area contributed by atoms with Crippen LogP contribution < -0.4 is 4.72 Å². The number of thiazole rings is 1. The van der Waals surface area contributed by atoms with Gasteiger partial charge in [-0.3, -0.25) is 9.52 Å². The number of nitrogens with zero attached hydrogens (tertiary/aromatic N) is 2. The number of hydrogen-bond acceptors (Lipinski definition) is 7. The third kappa shape index (κ3) is 5.14. The van der Waals surface area contributed by atoms with Crippen molar-refractivity contribution in [3.05, 3.63) is 45.1 Å². The molecule has 1 heterocycles. The van der Waals surface area contributed by atoms with Crippen molar-refractivity contribution in [3.63, 3.8) is 0 Å². The van der Waals surface area contributed by atoms with Gasteiger partial charge in [-0.15, -0.1) is 11.3 Å². The normalized spacial score (nSPS) is 16.1. The standard InChI is InChI=1S/C22H28N4O3S2/c1-12(2)16-8-14(11-23)9-17(15-6-7-15)18(16)10-19(27)26-31(24,29)20-13(3)25-21(30-20)22(4,5)28/h8-9,12,15,28H,6-7,10H2,1-5H3,(H2,24,26,27,29). The summed E-state index contributed by atoms with van der Waals surface area (Å²) in [5, 5.41) is 19.9. The highest BCUT2D eigenvalue weighted by Crippen LogP contribution is 2.44. The molecule has 1 unspecified atom stereocenters. The molecule has 1 fully saturated rings. The molecule has 3 rings (SSSR count). The summed E-state index contributed by atoms with van der Waals surface area (Å²) in [6.07, 6.45) is 2.04. The Morgan fingerprint density at radius 3 is 2.58 bits per heavy atom. The molecule has 0 aliphatic heterocycles. The minimum Gasteiger partial charge on any atom is -0.383 e. The second-order valence-electron chi connectivity index (χ2n) is 8.88. The van der Waals surface area contributed by atoms with E-state index in [0.717, 1.165) is 40.9 Å². The van der Waals surface area contributed by atoms with Crippen molar-refractivity contribution in [1.82, 2.24) is 9.71 Å². The molecule has 31 heavy (non-hydrogen) atoms. The Kier molecular flexibility index (Phi) is 6.29. The van der Waals surface area contributed by atoms with Crippen LogP contribution in [0.15, 0.2) is 16.3 Å². The Morgan fingerprint density at radius 1 is 1.45 bits per heavy atom. The minimum absolute atomic E-state index is 0.00285. The minimum atomic E-state index is -3.62. The van der Waals surface area contributed by atoms with Gasteiger partial charge in [0.05, 0.1) is 23.7 Å². The van der Waals surface area contributed by atoms with E-state index in [1.165, 1.54) is 0 Å². The van der Waals surface area contributed by atoms with Gasteiger partial charge in [0.25, 0.3) is 0 Å². The molecule has 2 aromatic rings. The van der Waals surface area contributed by atoms with Crippen molar-refractivity contribution >= 4 is 27.2 Å². The molecule has 7 nitrogen and oxygen atoms in total. The summed E-state index contributed by atoms with van der Waals surface area (Å²) in [4.78, 5) is 17.1. The summed E-state index contributed by atoms with van der Waals surface area (Å²) in [5.74, 6) is -0.0507. The number of carbonyl (C=O) groups excluding carboxylic acids is 1. The number of benzene rings is 1. The molecule has 9 heteroatoms. The van der Waals surface area contributed by atoms with Crippen LogP contribution >= 0.6 is 11.3 Å². The molecule has 1 aromatic heterocycles. The van der Waals surface area contributed by atoms with Crippen LogP contribution in [0, 0.1) is 23.0 Å². The van der Waals surface area contributed by atoms with E-state index >= 15 is 0 Å². The molecular formula is C22H28N4O3S2. The first kappa shape index (κ1) is 23.4. The van der Waals surface area contributed by atoms with E-state index in [1.807, 2.05) is 26.0 Å². The molecule has 1 aromatic carbocycles. The average Bonchev–Trinajstić information content (AvgIpc) is 3.40. The molecule has 0 spiro atoms. The third-order valence-electron chi connectivity index (χ3n) is 5.22. The van der Waals surface area contributed by atoms with Gasteiger partial charge in [0.15, 0.2) is 9.92 Å². The molecular weight excluding hydrogens is 432 g/mol. The second kappa shape index (κ2) is 8.34. The maximum absolute atomic E-state index is 13.1. The van der Waals surface area contributed by atoms with E-state index in [9.17, 15) is 19.4 Å². The molecule has 1 aliphatic rings. The molecule has 1 atom stereocenters. The molecule has 3 N–H and O–H groups in total. The van der Waals surface area contributed by atoms with Gasteiger partial charge in [-0.1, -0.05) is 13.8 Å². The summed E-state index contributed by atoms with van der Waals surface area (Å²) < 4.78 is 23.9. The van der Waals surface area contributed by atoms with Crippen LogP contribution in [0.3, 0.4) is 0 Å². The van der Waals surface area contributed by atoms with Crippen LogP contribution in [-0.4, -0.2) is 20.2 Å². The fourth-order valence-electron chi connectivity index (χ4n) is 3.57. The van der Waals surface area contributed by atoms with Gasteiger partial charge in [0.1, 0.15) is 14.8 Å². The number of amides is 1. The molecule has 0 saturated heterocycles. The van der Waals surface area contributed by atoms with Gasteiger partial charge in [0, 0.05) is 0 Å². The predicted octanol–water partition coefficient (Wildman–Crippen LogP) is 4.23. The van der Waals surface area contributed by atoms with E-state index < -0.39 is 21.4 Å². The van der Waals surface area contributed by atoms with Crippen LogP contribution in [0.5, 0.6) is 0 Å². The highest BCUT2D eigenvalue weighted by Gasteiger charge is 2.31. The number of aromatic nitrogens is 1. The lowest BCUT2D eigenvalue weighted by Crippen LogP contribution is -2.31. The summed E-state index contributed by atoms with van der Waals surface area (Å²) >= 11 is 0.978. The first-order valence-electron chi connectivity index (χ1n) is 10.2. The lowest BCUT2D eigenvalue weighted by atomic mass is 9.87. The van der Waals surface area contributed by atoms with Gasteiger partial charge in [0.2, 0.25) is 5.91 Å². The topological polar surface area (TPSA) is 127 Å². The zero-order valence-electron chi connectivity index (χ0n) is 18.4. The van der Waals surface area contributed by atoms with Crippen molar-refractivity contribution in [3.8, 4) is 6.07 Å².